The van der Waals surface area contributed by atoms with Gasteiger partial charge in [-0.05, 0) is 12.1 Å². The molecule has 1 heterocycles. The fourth-order valence-electron chi connectivity index (χ4n) is 1.29. The first-order valence-electron chi connectivity index (χ1n) is 5.23. The van der Waals surface area contributed by atoms with Crippen LogP contribution in [-0.4, -0.2) is 42.4 Å². The molecule has 0 saturated heterocycles. The van der Waals surface area contributed by atoms with Crippen LogP contribution in [0.25, 0.3) is 0 Å². The first-order chi connectivity index (χ1) is 8.56. The number of hydrogen-bond acceptors (Lipinski definition) is 3. The largest absolute Gasteiger partial charge is 0.335 e. The number of carbonyl (C=O) groups is 1. The Labute approximate surface area is 104 Å². The Balaban J connectivity index is 2.98. The van der Waals surface area contributed by atoms with Crippen molar-refractivity contribution >= 4 is 5.91 Å². The number of carbonyl (C=O) groups excluding carboxylic acids is 1. The quantitative estimate of drug-likeness (QED) is 0.808. The molecule has 2 N–H and O–H groups in total. The van der Waals surface area contributed by atoms with Gasteiger partial charge in [0.2, 0.25) is 0 Å². The minimum atomic E-state index is -2.58. The molecular formula is C12H13F2N3O. The summed E-state index contributed by atoms with van der Waals surface area (Å²) in [6.07, 6.45) is -1.17. The second-order valence-electron chi connectivity index (χ2n) is 3.48. The minimum absolute atomic E-state index is 0.0570. The van der Waals surface area contributed by atoms with Gasteiger partial charge in [-0.2, -0.15) is 0 Å². The van der Waals surface area contributed by atoms with Crippen LogP contribution in [0.3, 0.4) is 0 Å². The van der Waals surface area contributed by atoms with E-state index in [1.807, 2.05) is 0 Å². The van der Waals surface area contributed by atoms with E-state index in [4.69, 9.17) is 5.73 Å². The number of halogens is 2. The summed E-state index contributed by atoms with van der Waals surface area (Å²) in [5.74, 6) is 4.70. The lowest BCUT2D eigenvalue weighted by atomic mass is 10.2. The van der Waals surface area contributed by atoms with Crippen molar-refractivity contribution in [1.82, 2.24) is 9.88 Å². The fraction of sp³-hybridized carbons (Fsp3) is 0.333. The molecule has 0 fully saturated rings. The summed E-state index contributed by atoms with van der Waals surface area (Å²) in [5, 5.41) is 0. The third-order valence-electron chi connectivity index (χ3n) is 2.09. The van der Waals surface area contributed by atoms with Gasteiger partial charge in [0.15, 0.2) is 0 Å². The molecule has 0 aliphatic heterocycles. The Morgan fingerprint density at radius 2 is 2.33 bits per heavy atom. The van der Waals surface area contributed by atoms with Crippen molar-refractivity contribution in [2.24, 2.45) is 5.73 Å². The van der Waals surface area contributed by atoms with Crippen LogP contribution in [0.5, 0.6) is 0 Å². The normalized spacial score (nSPS) is 9.83. The van der Waals surface area contributed by atoms with Crippen LogP contribution in [0, 0.1) is 11.8 Å². The third kappa shape index (κ3) is 3.79. The van der Waals surface area contributed by atoms with E-state index < -0.39 is 18.9 Å². The lowest BCUT2D eigenvalue weighted by Crippen LogP contribution is -2.32. The SMILES string of the molecule is CN(CC(F)F)C(=O)c1ncccc1C#CCN. The maximum Gasteiger partial charge on any atom is 0.273 e. The van der Waals surface area contributed by atoms with Crippen LogP contribution in [0.15, 0.2) is 18.3 Å². The topological polar surface area (TPSA) is 59.2 Å². The lowest BCUT2D eigenvalue weighted by molar-refractivity contribution is 0.0615. The Kier molecular flexibility index (Phi) is 5.21. The van der Waals surface area contributed by atoms with E-state index in [-0.39, 0.29) is 12.2 Å². The summed E-state index contributed by atoms with van der Waals surface area (Å²) < 4.78 is 24.4. The average molecular weight is 253 g/mol. The van der Waals surface area contributed by atoms with Gasteiger partial charge in [-0.1, -0.05) is 11.8 Å². The summed E-state index contributed by atoms with van der Waals surface area (Å²) in [6, 6.07) is 3.21. The molecule has 6 heteroatoms. The summed E-state index contributed by atoms with van der Waals surface area (Å²) in [5.41, 5.74) is 5.68. The molecule has 0 atom stereocenters. The van der Waals surface area contributed by atoms with Gasteiger partial charge in [-0.25, -0.2) is 13.8 Å². The van der Waals surface area contributed by atoms with Crippen molar-refractivity contribution in [2.45, 2.75) is 6.43 Å². The zero-order chi connectivity index (χ0) is 13.5. The molecule has 0 radical (unpaired) electrons. The molecule has 0 bridgehead atoms. The predicted octanol–water partition coefficient (Wildman–Crippen LogP) is 0.729. The second kappa shape index (κ2) is 6.67. The highest BCUT2D eigenvalue weighted by Crippen LogP contribution is 2.08. The smallest absolute Gasteiger partial charge is 0.273 e. The van der Waals surface area contributed by atoms with E-state index >= 15 is 0 Å². The number of nitrogens with zero attached hydrogens (tertiary/aromatic N) is 2. The second-order valence-corrected chi connectivity index (χ2v) is 3.48. The van der Waals surface area contributed by atoms with E-state index in [1.165, 1.54) is 13.2 Å². The Hall–Kier alpha value is -2.00. The number of rotatable bonds is 3. The summed E-state index contributed by atoms with van der Waals surface area (Å²) in [6.45, 7) is -0.492. The van der Waals surface area contributed by atoms with Gasteiger partial charge in [0.05, 0.1) is 18.7 Å². The van der Waals surface area contributed by atoms with E-state index in [2.05, 4.69) is 16.8 Å². The lowest BCUT2D eigenvalue weighted by Gasteiger charge is -2.16. The molecule has 1 amide bonds. The number of amides is 1. The zero-order valence-corrected chi connectivity index (χ0v) is 9.86. The minimum Gasteiger partial charge on any atom is -0.335 e. The monoisotopic (exact) mass is 253 g/mol. The van der Waals surface area contributed by atoms with Crippen molar-refractivity contribution in [2.75, 3.05) is 20.1 Å². The predicted molar refractivity (Wildman–Crippen MR) is 63.1 cm³/mol. The number of nitrogens with two attached hydrogens (primary N) is 1. The number of pyridine rings is 1. The molecule has 0 spiro atoms. The van der Waals surface area contributed by atoms with Gasteiger partial charge in [0.25, 0.3) is 12.3 Å². The van der Waals surface area contributed by atoms with E-state index in [1.54, 1.807) is 12.1 Å². The molecule has 18 heavy (non-hydrogen) atoms. The van der Waals surface area contributed by atoms with Gasteiger partial charge in [0.1, 0.15) is 5.69 Å². The van der Waals surface area contributed by atoms with Crippen LogP contribution in [0.2, 0.25) is 0 Å². The van der Waals surface area contributed by atoms with Crippen molar-refractivity contribution in [3.05, 3.63) is 29.6 Å². The summed E-state index contributed by atoms with van der Waals surface area (Å²) >= 11 is 0. The van der Waals surface area contributed by atoms with Crippen molar-refractivity contribution in [3.8, 4) is 11.8 Å². The van der Waals surface area contributed by atoms with Crippen LogP contribution < -0.4 is 5.73 Å². The Bertz CT molecular complexity index is 480. The standard InChI is InChI=1S/C12H13F2N3O/c1-17(8-10(13)14)12(18)11-9(4-2-6-15)5-3-7-16-11/h3,5,7,10H,6,8,15H2,1H3. The molecule has 1 rings (SSSR count). The molecule has 96 valence electrons. The van der Waals surface area contributed by atoms with Crippen molar-refractivity contribution in [1.29, 1.82) is 0 Å². The first-order valence-corrected chi connectivity index (χ1v) is 5.23. The Morgan fingerprint density at radius 3 is 2.94 bits per heavy atom. The summed E-state index contributed by atoms with van der Waals surface area (Å²) in [7, 11) is 1.29. The number of hydrogen-bond donors (Lipinski definition) is 1. The van der Waals surface area contributed by atoms with Gasteiger partial charge in [-0.15, -0.1) is 0 Å². The fourth-order valence-corrected chi connectivity index (χ4v) is 1.29. The molecule has 1 aromatic rings. The molecule has 0 aliphatic rings. The van der Waals surface area contributed by atoms with E-state index in [0.29, 0.717) is 5.56 Å². The highest BCUT2D eigenvalue weighted by Gasteiger charge is 2.19. The van der Waals surface area contributed by atoms with Crippen LogP contribution in [-0.2, 0) is 0 Å². The highest BCUT2D eigenvalue weighted by atomic mass is 19.3. The molecule has 0 aromatic carbocycles. The Morgan fingerprint density at radius 1 is 1.61 bits per heavy atom. The summed E-state index contributed by atoms with van der Waals surface area (Å²) in [4.78, 5) is 16.7. The maximum absolute atomic E-state index is 12.2. The molecule has 0 unspecified atom stereocenters. The van der Waals surface area contributed by atoms with Crippen LogP contribution in [0.1, 0.15) is 16.1 Å². The highest BCUT2D eigenvalue weighted by molar-refractivity contribution is 5.94. The van der Waals surface area contributed by atoms with Gasteiger partial charge in [0, 0.05) is 13.2 Å². The molecule has 4 nitrogen and oxygen atoms in total. The number of alkyl halides is 2. The molecule has 0 aliphatic carbocycles. The molecule has 1 aromatic heterocycles. The van der Waals surface area contributed by atoms with Gasteiger partial charge in [-0.3, -0.25) is 4.79 Å². The first kappa shape index (κ1) is 14.1. The maximum atomic E-state index is 12.2. The van der Waals surface area contributed by atoms with Crippen molar-refractivity contribution in [3.63, 3.8) is 0 Å². The van der Waals surface area contributed by atoms with E-state index in [0.717, 1.165) is 4.90 Å². The van der Waals surface area contributed by atoms with Crippen LogP contribution >= 0.6 is 0 Å². The van der Waals surface area contributed by atoms with Crippen molar-refractivity contribution < 1.29 is 13.6 Å². The van der Waals surface area contributed by atoms with Gasteiger partial charge >= 0.3 is 0 Å². The molecular weight excluding hydrogens is 240 g/mol. The zero-order valence-electron chi connectivity index (χ0n) is 9.86. The number of aromatic nitrogens is 1. The third-order valence-corrected chi connectivity index (χ3v) is 2.09. The van der Waals surface area contributed by atoms with Gasteiger partial charge < -0.3 is 10.6 Å². The molecule has 0 saturated carbocycles. The van der Waals surface area contributed by atoms with E-state index in [9.17, 15) is 13.6 Å². The van der Waals surface area contributed by atoms with Crippen LogP contribution in [0.4, 0.5) is 8.78 Å². The average Bonchev–Trinajstić information content (AvgIpc) is 2.35.